The Hall–Kier alpha value is -1.68. The van der Waals surface area contributed by atoms with Crippen LogP contribution in [0.5, 0.6) is 0 Å². The Morgan fingerprint density at radius 3 is 2.88 bits per heavy atom. The second-order valence-corrected chi connectivity index (χ2v) is 3.78. The van der Waals surface area contributed by atoms with E-state index in [1.54, 1.807) is 12.1 Å². The zero-order chi connectivity index (χ0) is 11.7. The maximum absolute atomic E-state index is 11.8. The summed E-state index contributed by atoms with van der Waals surface area (Å²) in [5.74, 6) is -1.15. The summed E-state index contributed by atoms with van der Waals surface area (Å²) in [6.45, 7) is 1.88. The number of nitrogens with zero attached hydrogens (tertiary/aromatic N) is 1. The molecule has 0 unspecified atom stereocenters. The molecule has 0 aliphatic rings. The van der Waals surface area contributed by atoms with Crippen LogP contribution < -0.4 is 0 Å². The first-order valence-electron chi connectivity index (χ1n) is 4.51. The van der Waals surface area contributed by atoms with E-state index in [0.29, 0.717) is 15.9 Å². The molecule has 0 N–H and O–H groups in total. The summed E-state index contributed by atoms with van der Waals surface area (Å²) < 4.78 is 11.8. The van der Waals surface area contributed by atoms with Crippen molar-refractivity contribution in [1.82, 2.24) is 4.98 Å². The third kappa shape index (κ3) is 1.84. The van der Waals surface area contributed by atoms with Crippen molar-refractivity contribution in [2.24, 2.45) is 0 Å². The molecular formula is C11H7ClFNO2. The van der Waals surface area contributed by atoms with Gasteiger partial charge in [0.25, 0.3) is 0 Å². The van der Waals surface area contributed by atoms with Crippen molar-refractivity contribution in [3.8, 4) is 0 Å². The van der Waals surface area contributed by atoms with Crippen LogP contribution in [0.3, 0.4) is 0 Å². The van der Waals surface area contributed by atoms with Gasteiger partial charge < -0.3 is 0 Å². The fraction of sp³-hybridized carbons (Fsp3) is 0.0909. The number of pyridine rings is 1. The van der Waals surface area contributed by atoms with Crippen LogP contribution in [0.1, 0.15) is 16.1 Å². The summed E-state index contributed by atoms with van der Waals surface area (Å²) >= 11 is 5.95. The van der Waals surface area contributed by atoms with E-state index in [9.17, 15) is 9.32 Å². The molecule has 0 amide bonds. The molecule has 0 radical (unpaired) electrons. The number of carbonyl (C=O) groups excluding carboxylic acids is 1. The first-order valence-corrected chi connectivity index (χ1v) is 4.89. The highest BCUT2D eigenvalue weighted by Gasteiger charge is 2.13. The van der Waals surface area contributed by atoms with Crippen LogP contribution in [0.15, 0.2) is 24.3 Å². The Morgan fingerprint density at radius 1 is 1.44 bits per heavy atom. The van der Waals surface area contributed by atoms with Crippen LogP contribution in [0.2, 0.25) is 5.02 Å². The number of carbonyl (C=O) groups is 1. The minimum atomic E-state index is -1.15. The van der Waals surface area contributed by atoms with Gasteiger partial charge in [-0.2, -0.15) is 0 Å². The van der Waals surface area contributed by atoms with Crippen LogP contribution >= 0.6 is 11.6 Å². The van der Waals surface area contributed by atoms with Crippen LogP contribution in [0.25, 0.3) is 10.9 Å². The lowest BCUT2D eigenvalue weighted by Gasteiger charge is -2.03. The fourth-order valence-corrected chi connectivity index (χ4v) is 1.70. The van der Waals surface area contributed by atoms with Crippen molar-refractivity contribution in [3.05, 3.63) is 40.5 Å². The van der Waals surface area contributed by atoms with Gasteiger partial charge in [0.2, 0.25) is 0 Å². The van der Waals surface area contributed by atoms with E-state index < -0.39 is 5.97 Å². The molecule has 16 heavy (non-hydrogen) atoms. The Balaban J connectivity index is 2.69. The number of fused-ring (bicyclic) bond motifs is 1. The van der Waals surface area contributed by atoms with Gasteiger partial charge in [-0.15, -0.1) is 0 Å². The molecule has 5 heteroatoms. The van der Waals surface area contributed by atoms with Gasteiger partial charge in [-0.05, 0) is 24.6 Å². The minimum Gasteiger partial charge on any atom is -0.248 e. The number of halogens is 2. The molecule has 0 bridgehead atoms. The predicted octanol–water partition coefficient (Wildman–Crippen LogP) is 3.24. The molecule has 1 aromatic heterocycles. The van der Waals surface area contributed by atoms with Crippen LogP contribution in [0.4, 0.5) is 4.53 Å². The van der Waals surface area contributed by atoms with E-state index in [4.69, 9.17) is 11.6 Å². The highest BCUT2D eigenvalue weighted by molar-refractivity contribution is 6.35. The number of hydrogen-bond donors (Lipinski definition) is 0. The molecule has 0 atom stereocenters. The van der Waals surface area contributed by atoms with Crippen molar-refractivity contribution in [1.29, 1.82) is 0 Å². The summed E-state index contributed by atoms with van der Waals surface area (Å²) in [5, 5.41) is 1.05. The van der Waals surface area contributed by atoms with Crippen LogP contribution in [0, 0.1) is 6.92 Å². The molecule has 0 aliphatic heterocycles. The molecule has 82 valence electrons. The summed E-state index contributed by atoms with van der Waals surface area (Å²) in [6.07, 6.45) is 0. The molecule has 0 spiro atoms. The Kier molecular flexibility index (Phi) is 2.75. The SMILES string of the molecule is Cc1ccc2c(Cl)cc(C(=O)OF)nc2c1. The molecule has 0 saturated carbocycles. The molecule has 0 saturated heterocycles. The zero-order valence-corrected chi connectivity index (χ0v) is 9.08. The third-order valence-electron chi connectivity index (χ3n) is 2.19. The van der Waals surface area contributed by atoms with Crippen LogP contribution in [-0.4, -0.2) is 11.0 Å². The van der Waals surface area contributed by atoms with Gasteiger partial charge in [-0.3, -0.25) is 0 Å². The van der Waals surface area contributed by atoms with E-state index >= 15 is 0 Å². The second kappa shape index (κ2) is 4.06. The molecule has 1 aromatic carbocycles. The maximum Gasteiger partial charge on any atom is 0.397 e. The number of aryl methyl sites for hydroxylation is 1. The van der Waals surface area contributed by atoms with Crippen molar-refractivity contribution in [2.45, 2.75) is 6.92 Å². The smallest absolute Gasteiger partial charge is 0.248 e. The van der Waals surface area contributed by atoms with E-state index in [0.717, 1.165) is 5.56 Å². The summed E-state index contributed by atoms with van der Waals surface area (Å²) in [4.78, 5) is 18.1. The van der Waals surface area contributed by atoms with Gasteiger partial charge in [0.1, 0.15) is 0 Å². The minimum absolute atomic E-state index is 0.148. The Morgan fingerprint density at radius 2 is 2.19 bits per heavy atom. The molecule has 0 aliphatic carbocycles. The largest absolute Gasteiger partial charge is 0.397 e. The van der Waals surface area contributed by atoms with Gasteiger partial charge in [0.05, 0.1) is 10.5 Å². The first-order chi connectivity index (χ1) is 7.61. The standard InChI is InChI=1S/C11H7ClFNO2/c1-6-2-3-7-8(12)5-10(11(15)16-13)14-9(7)4-6/h2-5H,1H3. The van der Waals surface area contributed by atoms with Gasteiger partial charge in [-0.1, -0.05) is 23.7 Å². The first kappa shape index (κ1) is 10.8. The average Bonchev–Trinajstić information content (AvgIpc) is 2.27. The Bertz CT molecular complexity index is 571. The van der Waals surface area contributed by atoms with Gasteiger partial charge in [0.15, 0.2) is 5.69 Å². The normalized spacial score (nSPS) is 10.4. The van der Waals surface area contributed by atoms with Crippen molar-refractivity contribution >= 4 is 28.5 Å². The lowest BCUT2D eigenvalue weighted by Crippen LogP contribution is -2.02. The van der Waals surface area contributed by atoms with Gasteiger partial charge >= 0.3 is 5.97 Å². The predicted molar refractivity (Wildman–Crippen MR) is 58.0 cm³/mol. The van der Waals surface area contributed by atoms with E-state index in [-0.39, 0.29) is 5.69 Å². The summed E-state index contributed by atoms with van der Waals surface area (Å²) in [5.41, 5.74) is 1.36. The highest BCUT2D eigenvalue weighted by Crippen LogP contribution is 2.24. The topological polar surface area (TPSA) is 39.2 Å². The number of aromatic nitrogens is 1. The molecule has 2 rings (SSSR count). The summed E-state index contributed by atoms with van der Waals surface area (Å²) in [7, 11) is 0. The monoisotopic (exact) mass is 239 g/mol. The van der Waals surface area contributed by atoms with E-state index in [2.05, 4.69) is 9.93 Å². The fourth-order valence-electron chi connectivity index (χ4n) is 1.44. The zero-order valence-electron chi connectivity index (χ0n) is 8.33. The van der Waals surface area contributed by atoms with Gasteiger partial charge in [-0.25, -0.2) is 14.7 Å². The average molecular weight is 240 g/mol. The number of hydrogen-bond acceptors (Lipinski definition) is 3. The lowest BCUT2D eigenvalue weighted by atomic mass is 10.1. The molecule has 2 aromatic rings. The quantitative estimate of drug-likeness (QED) is 0.767. The Labute approximate surface area is 95.7 Å². The maximum atomic E-state index is 11.8. The van der Waals surface area contributed by atoms with Crippen LogP contribution in [-0.2, 0) is 4.94 Å². The summed E-state index contributed by atoms with van der Waals surface area (Å²) in [6, 6.07) is 6.71. The van der Waals surface area contributed by atoms with Gasteiger partial charge in [0, 0.05) is 9.91 Å². The van der Waals surface area contributed by atoms with E-state index in [1.165, 1.54) is 6.07 Å². The number of benzene rings is 1. The molecule has 0 fully saturated rings. The third-order valence-corrected chi connectivity index (χ3v) is 2.51. The molecule has 1 heterocycles. The van der Waals surface area contributed by atoms with Crippen molar-refractivity contribution in [3.63, 3.8) is 0 Å². The van der Waals surface area contributed by atoms with E-state index in [1.807, 2.05) is 13.0 Å². The lowest BCUT2D eigenvalue weighted by molar-refractivity contribution is -0.0792. The van der Waals surface area contributed by atoms with Crippen molar-refractivity contribution in [2.75, 3.05) is 0 Å². The second-order valence-electron chi connectivity index (χ2n) is 3.37. The molecule has 3 nitrogen and oxygen atoms in total. The molecular weight excluding hydrogens is 233 g/mol. The highest BCUT2D eigenvalue weighted by atomic mass is 35.5. The number of rotatable bonds is 1. The van der Waals surface area contributed by atoms with Crippen molar-refractivity contribution < 1.29 is 14.3 Å².